The van der Waals surface area contributed by atoms with E-state index < -0.39 is 20.1 Å². The number of nitrogens with one attached hydrogen (secondary N) is 1. The molecule has 0 aliphatic carbocycles. The normalized spacial score (nSPS) is 23.2. The number of nitrogens with zero attached hydrogens (tertiary/aromatic N) is 1. The van der Waals surface area contributed by atoms with Crippen molar-refractivity contribution in [3.8, 4) is 0 Å². The van der Waals surface area contributed by atoms with E-state index in [-0.39, 0.29) is 22.9 Å². The molecule has 0 saturated carbocycles. The maximum Gasteiger partial charge on any atom is 0.253 e. The Balaban J connectivity index is 1.96. The molecule has 140 valence electrons. The van der Waals surface area contributed by atoms with Gasteiger partial charge in [0, 0.05) is 12.2 Å². The van der Waals surface area contributed by atoms with Crippen molar-refractivity contribution in [2.24, 2.45) is 0 Å². The van der Waals surface area contributed by atoms with E-state index in [1.165, 1.54) is 34.8 Å². The molecule has 2 atom stereocenters. The van der Waals surface area contributed by atoms with Gasteiger partial charge in [0.2, 0.25) is 5.91 Å². The Morgan fingerprint density at radius 3 is 2.40 bits per heavy atom. The third kappa shape index (κ3) is 3.79. The molecule has 6 nitrogen and oxygen atoms in total. The van der Waals surface area contributed by atoms with E-state index >= 15 is 0 Å². The third-order valence-electron chi connectivity index (χ3n) is 5.80. The molecule has 2 amide bonds. The number of aliphatic carboxylic acids is 1. The summed E-state index contributed by atoms with van der Waals surface area (Å²) in [5.74, 6) is -1.26. The first-order valence-electron chi connectivity index (χ1n) is 8.95. The van der Waals surface area contributed by atoms with E-state index in [0.29, 0.717) is 17.7 Å². The molecule has 1 saturated heterocycles. The molecule has 8 heteroatoms. The van der Waals surface area contributed by atoms with Gasteiger partial charge in [0.05, 0.1) is 19.7 Å². The van der Waals surface area contributed by atoms with Crippen LogP contribution in [0.3, 0.4) is 0 Å². The number of amides is 2. The average molecular weight is 384 g/mol. The highest BCUT2D eigenvalue weighted by Gasteiger charge is 2.52. The van der Waals surface area contributed by atoms with Gasteiger partial charge in [0.15, 0.2) is 0 Å². The highest BCUT2D eigenvalue weighted by molar-refractivity contribution is 8.00. The van der Waals surface area contributed by atoms with Crippen LogP contribution in [0.25, 0.3) is 0 Å². The van der Waals surface area contributed by atoms with E-state index in [0.717, 1.165) is 6.04 Å². The Labute approximate surface area is 154 Å². The van der Waals surface area contributed by atoms with Crippen molar-refractivity contribution in [2.75, 3.05) is 5.75 Å². The van der Waals surface area contributed by atoms with Crippen LogP contribution in [0.5, 0.6) is 0 Å². The quantitative estimate of drug-likeness (QED) is 0.504. The fourth-order valence-corrected chi connectivity index (χ4v) is 8.28. The van der Waals surface area contributed by atoms with Gasteiger partial charge in [-0.15, -0.1) is 11.8 Å². The van der Waals surface area contributed by atoms with Crippen molar-refractivity contribution in [3.63, 3.8) is 0 Å². The molecule has 0 aromatic carbocycles. The molecule has 0 bridgehead atoms. The maximum atomic E-state index is 12.3. The van der Waals surface area contributed by atoms with Gasteiger partial charge in [-0.2, -0.15) is 0 Å². The summed E-state index contributed by atoms with van der Waals surface area (Å²) in [5, 5.41) is 13.8. The number of β-lactam (4-membered cyclic amide) rings is 1. The maximum absolute atomic E-state index is 12.3. The van der Waals surface area contributed by atoms with Gasteiger partial charge >= 0.3 is 0 Å². The summed E-state index contributed by atoms with van der Waals surface area (Å²) in [4.78, 5) is 37.2. The molecule has 0 aromatic rings. The topological polar surface area (TPSA) is 89.5 Å². The number of hydrogen-bond acceptors (Lipinski definition) is 5. The summed E-state index contributed by atoms with van der Waals surface area (Å²) in [6.45, 7) is 8.32. The average Bonchev–Trinajstić information content (AvgIpc) is 2.60. The van der Waals surface area contributed by atoms with E-state index in [1.54, 1.807) is 6.92 Å². The number of carbonyl (C=O) groups is 3. The molecule has 0 spiro atoms. The Morgan fingerprint density at radius 1 is 1.28 bits per heavy atom. The molecular formula is C17H27N2O4SSi-. The number of rotatable bonds is 8. The Kier molecular flexibility index (Phi) is 6.37. The zero-order valence-electron chi connectivity index (χ0n) is 15.4. The molecular weight excluding hydrogens is 356 g/mol. The molecule has 0 aromatic heterocycles. The fraction of sp³-hybridized carbons (Fsp3) is 0.706. The van der Waals surface area contributed by atoms with Gasteiger partial charge in [-0.25, -0.2) is 0 Å². The van der Waals surface area contributed by atoms with Gasteiger partial charge < -0.3 is 15.2 Å². The fourth-order valence-electron chi connectivity index (χ4n) is 3.67. The van der Waals surface area contributed by atoms with Crippen LogP contribution in [-0.4, -0.2) is 47.9 Å². The van der Waals surface area contributed by atoms with Crippen molar-refractivity contribution in [3.05, 3.63) is 11.3 Å². The van der Waals surface area contributed by atoms with Crippen LogP contribution in [0.15, 0.2) is 11.3 Å². The predicted molar refractivity (Wildman–Crippen MR) is 99.4 cm³/mol. The second kappa shape index (κ2) is 7.95. The first-order valence-corrected chi connectivity index (χ1v) is 12.8. The summed E-state index contributed by atoms with van der Waals surface area (Å²) < 4.78 is 0. The number of thioether (sulfide) groups is 1. The van der Waals surface area contributed by atoms with Crippen molar-refractivity contribution in [1.82, 2.24) is 10.2 Å². The van der Waals surface area contributed by atoms with E-state index in [2.05, 4.69) is 26.1 Å². The Morgan fingerprint density at radius 2 is 1.88 bits per heavy atom. The summed E-state index contributed by atoms with van der Waals surface area (Å²) in [6, 6.07) is 3.82. The SMILES string of the molecule is CC[Si](CC)(CC)CCC(=O)NC1C(=O)N2C(C(=O)[O-])=C(C)CSC12. The monoisotopic (exact) mass is 383 g/mol. The molecule has 1 N–H and O–H groups in total. The minimum absolute atomic E-state index is 0.0337. The van der Waals surface area contributed by atoms with Gasteiger partial charge in [-0.3, -0.25) is 14.5 Å². The number of carboxylic acid groups (broad SMARTS) is 1. The summed E-state index contributed by atoms with van der Waals surface area (Å²) in [6.07, 6.45) is 0.450. The first-order chi connectivity index (χ1) is 11.8. The highest BCUT2D eigenvalue weighted by Crippen LogP contribution is 2.40. The summed E-state index contributed by atoms with van der Waals surface area (Å²) in [7, 11) is -1.36. The van der Waals surface area contributed by atoms with E-state index in [9.17, 15) is 19.5 Å². The molecule has 0 radical (unpaired) electrons. The molecule has 2 rings (SSSR count). The highest BCUT2D eigenvalue weighted by atomic mass is 32.2. The third-order valence-corrected chi connectivity index (χ3v) is 13.0. The zero-order chi connectivity index (χ0) is 18.8. The summed E-state index contributed by atoms with van der Waals surface area (Å²) >= 11 is 1.48. The minimum atomic E-state index is -1.36. The van der Waals surface area contributed by atoms with E-state index in [4.69, 9.17) is 0 Å². The molecule has 2 aliphatic rings. The lowest BCUT2D eigenvalue weighted by Crippen LogP contribution is -2.71. The Bertz CT molecular complexity index is 595. The molecule has 1 fully saturated rings. The molecule has 2 heterocycles. The van der Waals surface area contributed by atoms with Crippen LogP contribution in [0.2, 0.25) is 24.2 Å². The Hall–Kier alpha value is -1.28. The van der Waals surface area contributed by atoms with Crippen LogP contribution < -0.4 is 10.4 Å². The van der Waals surface area contributed by atoms with Gasteiger partial charge in [-0.05, 0) is 18.5 Å². The zero-order valence-corrected chi connectivity index (χ0v) is 17.2. The van der Waals surface area contributed by atoms with Gasteiger partial charge in [-0.1, -0.05) is 38.9 Å². The second-order valence-electron chi connectivity index (χ2n) is 6.93. The summed E-state index contributed by atoms with van der Waals surface area (Å²) in [5.41, 5.74) is 0.595. The molecule has 2 unspecified atom stereocenters. The van der Waals surface area contributed by atoms with E-state index in [1.807, 2.05) is 0 Å². The number of hydrogen-bond donors (Lipinski definition) is 1. The van der Waals surface area contributed by atoms with Crippen LogP contribution in [0.1, 0.15) is 34.1 Å². The second-order valence-corrected chi connectivity index (χ2v) is 13.7. The number of carboxylic acids is 1. The van der Waals surface area contributed by atoms with Crippen LogP contribution in [0.4, 0.5) is 0 Å². The van der Waals surface area contributed by atoms with Crippen molar-refractivity contribution < 1.29 is 19.5 Å². The largest absolute Gasteiger partial charge is 0.543 e. The number of carbonyl (C=O) groups excluding carboxylic acids is 3. The molecule has 25 heavy (non-hydrogen) atoms. The lowest BCUT2D eigenvalue weighted by molar-refractivity contribution is -0.301. The van der Waals surface area contributed by atoms with Crippen molar-refractivity contribution in [1.29, 1.82) is 0 Å². The van der Waals surface area contributed by atoms with Crippen LogP contribution in [0, 0.1) is 0 Å². The molecule has 2 aliphatic heterocycles. The smallest absolute Gasteiger partial charge is 0.253 e. The standard InChI is InChI=1S/C17H28N2O4SSi/c1-5-25(6-2,7-3)9-8-12(20)18-13-15(21)19-14(17(22)23)11(4)10-24-16(13)19/h13,16H,5-10H2,1-4H3,(H,18,20)(H,22,23)/p-1. The lowest BCUT2D eigenvalue weighted by atomic mass is 10.0. The van der Waals surface area contributed by atoms with Crippen LogP contribution in [-0.2, 0) is 14.4 Å². The van der Waals surface area contributed by atoms with Gasteiger partial charge in [0.1, 0.15) is 11.4 Å². The lowest BCUT2D eigenvalue weighted by Gasteiger charge is -2.50. The van der Waals surface area contributed by atoms with Crippen molar-refractivity contribution in [2.45, 2.75) is 69.7 Å². The minimum Gasteiger partial charge on any atom is -0.543 e. The van der Waals surface area contributed by atoms with Gasteiger partial charge in [0.25, 0.3) is 5.91 Å². The predicted octanol–water partition coefficient (Wildman–Crippen LogP) is 1.31. The number of fused-ring (bicyclic) bond motifs is 1. The van der Waals surface area contributed by atoms with Crippen LogP contribution >= 0.6 is 11.8 Å². The first kappa shape index (κ1) is 20.0. The van der Waals surface area contributed by atoms with Crippen molar-refractivity contribution >= 4 is 37.6 Å².